The van der Waals surface area contributed by atoms with Crippen molar-refractivity contribution in [3.8, 4) is 0 Å². The highest BCUT2D eigenvalue weighted by Crippen LogP contribution is 2.46. The van der Waals surface area contributed by atoms with Gasteiger partial charge in [0.2, 0.25) is 0 Å². The fourth-order valence-corrected chi connectivity index (χ4v) is 4.66. The van der Waals surface area contributed by atoms with Crippen LogP contribution >= 0.6 is 0 Å². The molecule has 2 N–H and O–H groups in total. The first-order valence-corrected chi connectivity index (χ1v) is 11.0. The normalized spacial score (nSPS) is 15.2. The standard InChI is InChI=1S/C25H24F4N2O3/c26-19-12-17-6-11-31(15-16-2-4-18(5-3-16)25(27,28)29)22(17)20(13-19)23(34)30-10-9-24(7-1-8-24)14-21(32)33/h2-6,11-13H,1,7-10,14-15H2,(H,30,34)(H,32,33). The Hall–Kier alpha value is -3.36. The van der Waals surface area contributed by atoms with E-state index in [1.54, 1.807) is 16.8 Å². The zero-order valence-electron chi connectivity index (χ0n) is 18.3. The summed E-state index contributed by atoms with van der Waals surface area (Å²) >= 11 is 0. The van der Waals surface area contributed by atoms with Gasteiger partial charge in [-0.25, -0.2) is 4.39 Å². The Morgan fingerprint density at radius 2 is 1.79 bits per heavy atom. The number of hydrogen-bond donors (Lipinski definition) is 2. The third-order valence-corrected chi connectivity index (χ3v) is 6.59. The number of halogens is 4. The van der Waals surface area contributed by atoms with Crippen LogP contribution in [0.3, 0.4) is 0 Å². The summed E-state index contributed by atoms with van der Waals surface area (Å²) in [6.07, 6.45) is 0.381. The van der Waals surface area contributed by atoms with E-state index in [0.29, 0.717) is 22.9 Å². The first-order chi connectivity index (χ1) is 16.1. The molecule has 3 aromatic rings. The van der Waals surface area contributed by atoms with E-state index in [1.165, 1.54) is 18.2 Å². The van der Waals surface area contributed by atoms with Crippen LogP contribution in [0.2, 0.25) is 0 Å². The Bertz CT molecular complexity index is 1210. The fraction of sp³-hybridized carbons (Fsp3) is 0.360. The molecule has 9 heteroatoms. The number of aliphatic carboxylic acids is 1. The molecule has 1 amide bonds. The number of carbonyl (C=O) groups excluding carboxylic acids is 1. The highest BCUT2D eigenvalue weighted by atomic mass is 19.4. The van der Waals surface area contributed by atoms with Gasteiger partial charge in [-0.2, -0.15) is 13.2 Å². The van der Waals surface area contributed by atoms with Gasteiger partial charge in [-0.3, -0.25) is 9.59 Å². The van der Waals surface area contributed by atoms with Crippen molar-refractivity contribution in [2.24, 2.45) is 5.41 Å². The number of carboxylic acids is 1. The van der Waals surface area contributed by atoms with Crippen molar-refractivity contribution < 1.29 is 32.3 Å². The van der Waals surface area contributed by atoms with Gasteiger partial charge in [0.1, 0.15) is 5.82 Å². The molecule has 2 aromatic carbocycles. The van der Waals surface area contributed by atoms with Crippen molar-refractivity contribution in [1.82, 2.24) is 9.88 Å². The molecule has 180 valence electrons. The number of hydrogen-bond acceptors (Lipinski definition) is 2. The number of aromatic nitrogens is 1. The van der Waals surface area contributed by atoms with Crippen LogP contribution in [0.25, 0.3) is 10.9 Å². The molecule has 34 heavy (non-hydrogen) atoms. The lowest BCUT2D eigenvalue weighted by molar-refractivity contribution is -0.141. The number of amides is 1. The molecule has 0 unspecified atom stereocenters. The minimum Gasteiger partial charge on any atom is -0.481 e. The van der Waals surface area contributed by atoms with E-state index < -0.39 is 29.4 Å². The number of carbonyl (C=O) groups is 2. The molecule has 1 aliphatic rings. The lowest BCUT2D eigenvalue weighted by atomic mass is 9.64. The summed E-state index contributed by atoms with van der Waals surface area (Å²) in [5.74, 6) is -1.92. The number of carboxylic acid groups (broad SMARTS) is 1. The third-order valence-electron chi connectivity index (χ3n) is 6.59. The largest absolute Gasteiger partial charge is 0.481 e. The maximum atomic E-state index is 14.2. The van der Waals surface area contributed by atoms with E-state index in [9.17, 15) is 27.2 Å². The summed E-state index contributed by atoms with van der Waals surface area (Å²) in [5, 5.41) is 12.4. The summed E-state index contributed by atoms with van der Waals surface area (Å²) < 4.78 is 54.4. The lowest BCUT2D eigenvalue weighted by Crippen LogP contribution is -2.36. The zero-order valence-corrected chi connectivity index (χ0v) is 18.3. The van der Waals surface area contributed by atoms with Gasteiger partial charge < -0.3 is 15.0 Å². The van der Waals surface area contributed by atoms with Crippen LogP contribution < -0.4 is 5.32 Å². The number of benzene rings is 2. The Morgan fingerprint density at radius 1 is 1.09 bits per heavy atom. The van der Waals surface area contributed by atoms with Crippen molar-refractivity contribution in [2.45, 2.75) is 44.8 Å². The van der Waals surface area contributed by atoms with Gasteiger partial charge in [0.15, 0.2) is 0 Å². The van der Waals surface area contributed by atoms with Crippen LogP contribution in [0, 0.1) is 11.2 Å². The molecule has 4 rings (SSSR count). The predicted molar refractivity (Wildman–Crippen MR) is 118 cm³/mol. The van der Waals surface area contributed by atoms with Crippen LogP contribution in [0.5, 0.6) is 0 Å². The topological polar surface area (TPSA) is 71.3 Å². The molecule has 1 fully saturated rings. The predicted octanol–water partition coefficient (Wildman–Crippen LogP) is 5.61. The van der Waals surface area contributed by atoms with Crippen LogP contribution in [-0.4, -0.2) is 28.1 Å². The molecule has 0 saturated heterocycles. The second-order valence-corrected chi connectivity index (χ2v) is 8.96. The molecule has 0 bridgehead atoms. The van der Waals surface area contributed by atoms with Gasteiger partial charge in [-0.1, -0.05) is 18.6 Å². The highest BCUT2D eigenvalue weighted by molar-refractivity contribution is 6.06. The van der Waals surface area contributed by atoms with Crippen LogP contribution in [0.15, 0.2) is 48.7 Å². The van der Waals surface area contributed by atoms with Crippen molar-refractivity contribution >= 4 is 22.8 Å². The summed E-state index contributed by atoms with van der Waals surface area (Å²) in [4.78, 5) is 24.1. The van der Waals surface area contributed by atoms with Gasteiger partial charge in [0.05, 0.1) is 23.1 Å². The summed E-state index contributed by atoms with van der Waals surface area (Å²) in [6, 6.07) is 8.83. The van der Waals surface area contributed by atoms with Gasteiger partial charge in [-0.05, 0) is 60.6 Å². The maximum Gasteiger partial charge on any atom is 0.416 e. The minimum atomic E-state index is -4.43. The Morgan fingerprint density at radius 3 is 2.38 bits per heavy atom. The lowest BCUT2D eigenvalue weighted by Gasteiger charge is -2.41. The number of nitrogens with one attached hydrogen (secondary N) is 1. The average molecular weight is 476 g/mol. The van der Waals surface area contributed by atoms with E-state index in [4.69, 9.17) is 5.11 Å². The molecule has 1 aliphatic carbocycles. The molecular weight excluding hydrogens is 452 g/mol. The summed E-state index contributed by atoms with van der Waals surface area (Å²) in [7, 11) is 0. The fourth-order valence-electron chi connectivity index (χ4n) is 4.66. The zero-order chi connectivity index (χ0) is 24.5. The van der Waals surface area contributed by atoms with Crippen molar-refractivity contribution in [2.75, 3.05) is 6.54 Å². The van der Waals surface area contributed by atoms with Crippen LogP contribution in [-0.2, 0) is 17.5 Å². The molecule has 0 spiro atoms. The first-order valence-electron chi connectivity index (χ1n) is 11.0. The van der Waals surface area contributed by atoms with E-state index in [1.807, 2.05) is 0 Å². The number of nitrogens with zero attached hydrogens (tertiary/aromatic N) is 1. The van der Waals surface area contributed by atoms with Crippen LogP contribution in [0.1, 0.15) is 53.6 Å². The van der Waals surface area contributed by atoms with Gasteiger partial charge >= 0.3 is 12.1 Å². The van der Waals surface area contributed by atoms with Gasteiger partial charge in [-0.15, -0.1) is 0 Å². The van der Waals surface area contributed by atoms with Gasteiger partial charge in [0, 0.05) is 24.7 Å². The molecule has 5 nitrogen and oxygen atoms in total. The first kappa shape index (κ1) is 23.8. The number of alkyl halides is 3. The van der Waals surface area contributed by atoms with Crippen molar-refractivity contribution in [1.29, 1.82) is 0 Å². The quantitative estimate of drug-likeness (QED) is 0.415. The smallest absolute Gasteiger partial charge is 0.416 e. The van der Waals surface area contributed by atoms with E-state index in [2.05, 4.69) is 5.32 Å². The Labute approximate surface area is 193 Å². The van der Waals surface area contributed by atoms with E-state index in [0.717, 1.165) is 37.5 Å². The molecule has 0 radical (unpaired) electrons. The van der Waals surface area contributed by atoms with Gasteiger partial charge in [0.25, 0.3) is 5.91 Å². The highest BCUT2D eigenvalue weighted by Gasteiger charge is 2.38. The average Bonchev–Trinajstić information content (AvgIpc) is 3.12. The minimum absolute atomic E-state index is 0.0586. The van der Waals surface area contributed by atoms with E-state index >= 15 is 0 Å². The monoisotopic (exact) mass is 476 g/mol. The molecule has 1 heterocycles. The van der Waals surface area contributed by atoms with E-state index in [-0.39, 0.29) is 30.5 Å². The Kier molecular flexibility index (Phi) is 6.38. The Balaban J connectivity index is 1.53. The maximum absolute atomic E-state index is 14.2. The molecule has 1 aromatic heterocycles. The second-order valence-electron chi connectivity index (χ2n) is 8.96. The second kappa shape index (κ2) is 9.12. The molecule has 1 saturated carbocycles. The van der Waals surface area contributed by atoms with Crippen molar-refractivity contribution in [3.05, 3.63) is 71.2 Å². The number of fused-ring (bicyclic) bond motifs is 1. The summed E-state index contributed by atoms with van der Waals surface area (Å²) in [6.45, 7) is 0.471. The van der Waals surface area contributed by atoms with Crippen LogP contribution in [0.4, 0.5) is 17.6 Å². The SMILES string of the molecule is O=C(O)CC1(CCNC(=O)c2cc(F)cc3ccn(Cc4ccc(C(F)(F)F)cc4)c23)CCC1. The molecule has 0 atom stereocenters. The third kappa shape index (κ3) is 5.08. The molecular formula is C25H24F4N2O3. The number of rotatable bonds is 8. The summed E-state index contributed by atoms with van der Waals surface area (Å²) in [5.41, 5.74) is 0.138. The molecule has 0 aliphatic heterocycles. The van der Waals surface area contributed by atoms with Crippen molar-refractivity contribution in [3.63, 3.8) is 0 Å².